The van der Waals surface area contributed by atoms with E-state index in [1.807, 2.05) is 39.5 Å². The zero-order chi connectivity index (χ0) is 46.4. The number of hydrogen-bond acceptors (Lipinski definition) is 6. The molecule has 9 aliphatic heterocycles. The summed E-state index contributed by atoms with van der Waals surface area (Å²) in [5.74, 6) is 2.88. The van der Waals surface area contributed by atoms with E-state index in [-0.39, 0.29) is 182 Å². The number of piperidine rings is 9. The van der Waals surface area contributed by atoms with Gasteiger partial charge in [-0.25, -0.2) is 0 Å². The van der Waals surface area contributed by atoms with Gasteiger partial charge in [0, 0.05) is 50.1 Å². The van der Waals surface area contributed by atoms with Gasteiger partial charge in [0.15, 0.2) is 0 Å². The topological polar surface area (TPSA) is 81.1 Å². The van der Waals surface area contributed by atoms with Crippen LogP contribution in [-0.4, -0.2) is 116 Å². The Morgan fingerprint density at radius 1 is 0.448 bits per heavy atom. The second-order valence-corrected chi connectivity index (χ2v) is 21.5. The van der Waals surface area contributed by atoms with Gasteiger partial charge in [0.25, 0.3) is 0 Å². The number of hydrogen-bond donors (Lipinski definition) is 0. The summed E-state index contributed by atoms with van der Waals surface area (Å²) in [5.41, 5.74) is 20.9. The van der Waals surface area contributed by atoms with Crippen molar-refractivity contribution in [3.05, 3.63) is 108 Å². The minimum absolute atomic E-state index is 0. The van der Waals surface area contributed by atoms with Crippen LogP contribution in [0.15, 0.2) is 99.6 Å². The molecule has 0 unspecified atom stereocenters. The average molecular weight is 1190 g/mol. The molecule has 14 heteroatoms. The van der Waals surface area contributed by atoms with Crippen molar-refractivity contribution in [3.63, 3.8) is 0 Å². The van der Waals surface area contributed by atoms with Crippen LogP contribution in [0.2, 0.25) is 27.3 Å². The molecule has 0 aliphatic carbocycles. The van der Waals surface area contributed by atoms with Gasteiger partial charge in [-0.2, -0.15) is 13.1 Å². The van der Waals surface area contributed by atoms with E-state index in [9.17, 15) is 0 Å². The molecule has 0 spiro atoms. The van der Waals surface area contributed by atoms with E-state index < -0.39 is 0 Å². The largest absolute Gasteiger partial charge is 1.00 e. The average Bonchev–Trinajstić information content (AvgIpc) is 3.34. The quantitative estimate of drug-likeness (QED) is 0.238. The summed E-state index contributed by atoms with van der Waals surface area (Å²) in [6.45, 7) is 35.5. The third kappa shape index (κ3) is 31.1. The van der Waals surface area contributed by atoms with Crippen molar-refractivity contribution in [2.45, 2.75) is 152 Å². The van der Waals surface area contributed by atoms with E-state index in [0.29, 0.717) is 19.6 Å². The number of rotatable bonds is 8. The number of fused-ring (bicyclic) bond motifs is 9. The summed E-state index contributed by atoms with van der Waals surface area (Å²) in [6.07, 6.45) is 8.47. The SMILES string of the molecule is C.CB(C)B(C)C.CC.CC.CC[NH-].CC[NH-].[NH-]Cc1ccc(S[C@H]2CN3CCC2CC3)cc1.[Rb+].[Rb+].[Rb+].c1ccc(S[C@H]2CN3CCC2CC3)cc1.c1ccc(S[C@H]2CN3CCC2CC3)cc1. The molecule has 12 rings (SSSR count). The Kier molecular flexibility index (Phi) is 53.1. The van der Waals surface area contributed by atoms with Crippen LogP contribution in [-0.2, 0) is 6.54 Å². The van der Waals surface area contributed by atoms with E-state index in [0.717, 1.165) is 52.3 Å². The molecular formula is C53H93B2N6Rb3S3. The molecule has 6 nitrogen and oxygen atoms in total. The van der Waals surface area contributed by atoms with Crippen LogP contribution >= 0.6 is 35.3 Å². The minimum Gasteiger partial charge on any atom is -0.678 e. The monoisotopic (exact) mass is 1190 g/mol. The predicted octanol–water partition coefficient (Wildman–Crippen LogP) is 6.56. The van der Waals surface area contributed by atoms with Crippen molar-refractivity contribution in [2.24, 2.45) is 17.8 Å². The first-order valence-corrected chi connectivity index (χ1v) is 27.6. The van der Waals surface area contributed by atoms with Crippen LogP contribution in [0.3, 0.4) is 0 Å². The fourth-order valence-corrected chi connectivity index (χ4v) is 12.6. The van der Waals surface area contributed by atoms with Gasteiger partial charge in [0.1, 0.15) is 13.2 Å². The Morgan fingerprint density at radius 3 is 0.881 bits per heavy atom. The van der Waals surface area contributed by atoms with Crippen molar-refractivity contribution in [1.29, 1.82) is 0 Å². The molecule has 3 aromatic rings. The van der Waals surface area contributed by atoms with Crippen LogP contribution in [0.25, 0.3) is 17.2 Å². The summed E-state index contributed by atoms with van der Waals surface area (Å²) >= 11 is 6.22. The molecule has 362 valence electrons. The predicted molar refractivity (Wildman–Crippen MR) is 298 cm³/mol. The fourth-order valence-electron chi connectivity index (χ4n) is 8.34. The first kappa shape index (κ1) is 75.3. The molecule has 6 bridgehead atoms. The van der Waals surface area contributed by atoms with Crippen LogP contribution < -0.4 is 175 Å². The minimum atomic E-state index is 0. The Bertz CT molecular complexity index is 1430. The van der Waals surface area contributed by atoms with E-state index in [2.05, 4.69) is 150 Å². The van der Waals surface area contributed by atoms with Crippen molar-refractivity contribution >= 4 is 48.5 Å². The van der Waals surface area contributed by atoms with E-state index in [1.165, 1.54) is 112 Å². The molecule has 0 saturated carbocycles. The molecule has 9 saturated heterocycles. The molecular weight excluding hydrogens is 1090 g/mol. The number of thioether (sulfide) groups is 3. The molecule has 3 N–H and O–H groups in total. The van der Waals surface area contributed by atoms with E-state index in [4.69, 9.17) is 17.2 Å². The number of benzene rings is 3. The summed E-state index contributed by atoms with van der Waals surface area (Å²) in [7, 11) is 0. The Hall–Kier alpha value is 4.02. The maximum atomic E-state index is 7.32. The maximum Gasteiger partial charge on any atom is 1.00 e. The van der Waals surface area contributed by atoms with Gasteiger partial charge in [-0.3, -0.25) is 0 Å². The fraction of sp³-hybridized carbons (Fsp3) is 0.660. The van der Waals surface area contributed by atoms with Crippen molar-refractivity contribution < 1.29 is 175 Å². The Morgan fingerprint density at radius 2 is 0.687 bits per heavy atom. The first-order valence-electron chi connectivity index (χ1n) is 25.0. The standard InChI is InChI=1S/C14H19N2S.2C13H17NS.C4H12B2.2C2H6N.2C2H6.CH4.3Rb/c15-9-11-1-3-13(4-2-11)17-14-10-16-7-5-12(14)6-8-16;2*1-2-4-12(5-3-1)15-13-10-14-8-6-11(13)7-9-14;1-5(2)6(3)4;2*1-2-3;2*1-2;;;;/h1-4,12,14-15H,5-10H2;2*1-5,11,13H,6-10H2;1-4H3;2*3H,2H2,1H3;2*1-2H3;1H4;;;/q-1;;;;2*-1;;;;3*+1/t14-;2*13-;;;;;;;;;/m000........./s1. The summed E-state index contributed by atoms with van der Waals surface area (Å²) in [5, 5.41) is 2.48. The van der Waals surface area contributed by atoms with Crippen LogP contribution in [0, 0.1) is 17.8 Å². The van der Waals surface area contributed by atoms with E-state index in [1.54, 1.807) is 13.8 Å². The molecule has 9 aliphatic rings. The molecule has 0 amide bonds. The maximum absolute atomic E-state index is 7.32. The summed E-state index contributed by atoms with van der Waals surface area (Å²) in [6, 6.07) is 30.3. The Balaban J connectivity index is -0.000000774. The van der Waals surface area contributed by atoms with Crippen molar-refractivity contribution in [1.82, 2.24) is 14.7 Å². The normalized spacial score (nSPS) is 24.8. The molecule has 3 aromatic carbocycles. The first-order chi connectivity index (χ1) is 30.7. The molecule has 9 heterocycles. The van der Waals surface area contributed by atoms with Crippen LogP contribution in [0.1, 0.15) is 93.1 Å². The third-order valence-electron chi connectivity index (χ3n) is 12.6. The molecule has 9 fully saturated rings. The molecule has 67 heavy (non-hydrogen) atoms. The Labute approximate surface area is 576 Å². The molecule has 3 atom stereocenters. The smallest absolute Gasteiger partial charge is 0.678 e. The number of nitrogens with zero attached hydrogens (tertiary/aromatic N) is 3. The van der Waals surface area contributed by atoms with Crippen molar-refractivity contribution in [2.75, 3.05) is 72.0 Å². The zero-order valence-electron chi connectivity index (χ0n) is 44.5. The van der Waals surface area contributed by atoms with Gasteiger partial charge in [-0.15, -0.1) is 41.8 Å². The number of nitrogens with one attached hydrogen (secondary N) is 3. The molecule has 0 radical (unpaired) electrons. The van der Waals surface area contributed by atoms with Gasteiger partial charge in [0.05, 0.1) is 0 Å². The summed E-state index contributed by atoms with van der Waals surface area (Å²) in [4.78, 5) is 12.1. The van der Waals surface area contributed by atoms with Gasteiger partial charge in [0.2, 0.25) is 0 Å². The van der Waals surface area contributed by atoms with E-state index >= 15 is 0 Å². The summed E-state index contributed by atoms with van der Waals surface area (Å²) < 4.78 is 0. The third-order valence-corrected chi connectivity index (χ3v) is 16.7. The second-order valence-electron chi connectivity index (χ2n) is 17.5. The second kappa shape index (κ2) is 47.2. The van der Waals surface area contributed by atoms with Gasteiger partial charge in [-0.05, 0) is 132 Å². The van der Waals surface area contributed by atoms with Crippen LogP contribution in [0.4, 0.5) is 0 Å². The van der Waals surface area contributed by atoms with Gasteiger partial charge in [-0.1, -0.05) is 130 Å². The van der Waals surface area contributed by atoms with Crippen molar-refractivity contribution in [3.8, 4) is 0 Å². The van der Waals surface area contributed by atoms with Gasteiger partial charge >= 0.3 is 175 Å². The van der Waals surface area contributed by atoms with Gasteiger partial charge < -0.3 is 31.9 Å². The zero-order valence-corrected chi connectivity index (χ0v) is 61.7. The van der Waals surface area contributed by atoms with Crippen LogP contribution in [0.5, 0.6) is 0 Å². The molecule has 0 aromatic heterocycles.